The minimum absolute atomic E-state index is 0.0655. The van der Waals surface area contributed by atoms with E-state index in [1.807, 2.05) is 44.2 Å². The molecule has 1 heterocycles. The van der Waals surface area contributed by atoms with Crippen LogP contribution >= 0.6 is 11.3 Å². The summed E-state index contributed by atoms with van der Waals surface area (Å²) >= 11 is 1.30. The van der Waals surface area contributed by atoms with E-state index in [0.29, 0.717) is 48.6 Å². The van der Waals surface area contributed by atoms with Crippen molar-refractivity contribution in [3.8, 4) is 23.3 Å². The molecule has 0 bridgehead atoms. The quantitative estimate of drug-likeness (QED) is 0.182. The lowest BCUT2D eigenvalue weighted by Crippen LogP contribution is -2.13. The number of nitriles is 1. The molecule has 10 heteroatoms. The van der Waals surface area contributed by atoms with Gasteiger partial charge in [0.25, 0.3) is 5.91 Å². The Hall–Kier alpha value is -3.94. The van der Waals surface area contributed by atoms with Gasteiger partial charge in [0.2, 0.25) is 5.13 Å². The molecule has 0 fully saturated rings. The molecular formula is C27H30N4O5S. The maximum absolute atomic E-state index is 12.5. The van der Waals surface area contributed by atoms with E-state index in [0.717, 1.165) is 29.2 Å². The van der Waals surface area contributed by atoms with E-state index in [4.69, 9.17) is 18.9 Å². The van der Waals surface area contributed by atoms with Crippen molar-refractivity contribution in [2.45, 2.75) is 26.7 Å². The lowest BCUT2D eigenvalue weighted by molar-refractivity contribution is -0.112. The zero-order valence-electron chi connectivity index (χ0n) is 21.2. The summed E-state index contributed by atoms with van der Waals surface area (Å²) in [7, 11) is 1.52. The van der Waals surface area contributed by atoms with Gasteiger partial charge in [0.15, 0.2) is 11.5 Å². The number of hydrogen-bond acceptors (Lipinski definition) is 9. The molecule has 0 radical (unpaired) electrons. The molecule has 0 unspecified atom stereocenters. The van der Waals surface area contributed by atoms with E-state index in [2.05, 4.69) is 15.5 Å². The van der Waals surface area contributed by atoms with Crippen LogP contribution in [0.3, 0.4) is 0 Å². The third kappa shape index (κ3) is 8.59. The maximum Gasteiger partial charge on any atom is 0.268 e. The van der Waals surface area contributed by atoms with Gasteiger partial charge in [0.1, 0.15) is 35.6 Å². The van der Waals surface area contributed by atoms with E-state index in [-0.39, 0.29) is 5.57 Å². The van der Waals surface area contributed by atoms with Gasteiger partial charge in [-0.05, 0) is 48.7 Å². The summed E-state index contributed by atoms with van der Waals surface area (Å²) in [5.41, 5.74) is 1.63. The van der Waals surface area contributed by atoms with Gasteiger partial charge in [-0.15, -0.1) is 10.2 Å². The van der Waals surface area contributed by atoms with Crippen molar-refractivity contribution >= 4 is 28.5 Å². The van der Waals surface area contributed by atoms with Crippen LogP contribution in [-0.2, 0) is 16.0 Å². The van der Waals surface area contributed by atoms with E-state index in [1.165, 1.54) is 24.5 Å². The summed E-state index contributed by atoms with van der Waals surface area (Å²) in [6.45, 7) is 5.63. The van der Waals surface area contributed by atoms with Gasteiger partial charge in [-0.2, -0.15) is 5.26 Å². The Morgan fingerprint density at radius 1 is 1.05 bits per heavy atom. The number of rotatable bonds is 14. The van der Waals surface area contributed by atoms with Crippen molar-refractivity contribution in [2.75, 3.05) is 38.9 Å². The van der Waals surface area contributed by atoms with Crippen LogP contribution in [-0.4, -0.2) is 49.6 Å². The molecule has 0 aliphatic heterocycles. The fraction of sp³-hybridized carbons (Fsp3) is 0.333. The number of aryl methyl sites for hydroxylation is 2. The Labute approximate surface area is 220 Å². The topological polar surface area (TPSA) is 116 Å². The molecule has 0 atom stereocenters. The number of para-hydroxylation sites is 1. The van der Waals surface area contributed by atoms with Gasteiger partial charge in [-0.3, -0.25) is 10.1 Å². The van der Waals surface area contributed by atoms with E-state index in [1.54, 1.807) is 18.2 Å². The van der Waals surface area contributed by atoms with Crippen LogP contribution in [0.1, 0.15) is 29.5 Å². The van der Waals surface area contributed by atoms with Crippen molar-refractivity contribution in [1.82, 2.24) is 10.2 Å². The van der Waals surface area contributed by atoms with Crippen molar-refractivity contribution < 1.29 is 23.7 Å². The van der Waals surface area contributed by atoms with Crippen LogP contribution in [0.15, 0.2) is 48.0 Å². The van der Waals surface area contributed by atoms with Crippen LogP contribution in [0.2, 0.25) is 0 Å². The highest BCUT2D eigenvalue weighted by molar-refractivity contribution is 7.15. The molecule has 2 aromatic carbocycles. The number of benzene rings is 2. The second-order valence-corrected chi connectivity index (χ2v) is 8.92. The number of amides is 1. The Balaban J connectivity index is 1.49. The van der Waals surface area contributed by atoms with Gasteiger partial charge in [-0.1, -0.05) is 42.5 Å². The molecule has 3 aromatic rings. The molecule has 194 valence electrons. The molecule has 0 saturated heterocycles. The molecule has 0 spiro atoms. The van der Waals surface area contributed by atoms with Gasteiger partial charge >= 0.3 is 0 Å². The van der Waals surface area contributed by atoms with Crippen LogP contribution in [0, 0.1) is 18.3 Å². The van der Waals surface area contributed by atoms with Crippen molar-refractivity contribution in [2.24, 2.45) is 0 Å². The number of carbonyl (C=O) groups is 1. The molecule has 1 amide bonds. The highest BCUT2D eigenvalue weighted by Gasteiger charge is 2.14. The van der Waals surface area contributed by atoms with Gasteiger partial charge in [-0.25, -0.2) is 0 Å². The predicted molar refractivity (Wildman–Crippen MR) is 142 cm³/mol. The highest BCUT2D eigenvalue weighted by Crippen LogP contribution is 2.29. The zero-order valence-corrected chi connectivity index (χ0v) is 22.0. The molecular weight excluding hydrogens is 492 g/mol. The Kier molecular flexibility index (Phi) is 10.9. The highest BCUT2D eigenvalue weighted by atomic mass is 32.1. The summed E-state index contributed by atoms with van der Waals surface area (Å²) in [5.74, 6) is 1.30. The summed E-state index contributed by atoms with van der Waals surface area (Å²) in [6, 6.07) is 14.9. The fourth-order valence-electron chi connectivity index (χ4n) is 3.23. The first-order chi connectivity index (χ1) is 18.0. The first-order valence-electron chi connectivity index (χ1n) is 11.9. The minimum Gasteiger partial charge on any atom is -0.493 e. The van der Waals surface area contributed by atoms with E-state index >= 15 is 0 Å². The summed E-state index contributed by atoms with van der Waals surface area (Å²) in [4.78, 5) is 12.5. The Bertz CT molecular complexity index is 1250. The van der Waals surface area contributed by atoms with Gasteiger partial charge in [0.05, 0.1) is 20.3 Å². The van der Waals surface area contributed by atoms with Crippen molar-refractivity contribution in [1.29, 1.82) is 5.26 Å². The van der Waals surface area contributed by atoms with Gasteiger partial charge in [0, 0.05) is 6.42 Å². The lowest BCUT2D eigenvalue weighted by Gasteiger charge is -2.12. The second kappa shape index (κ2) is 14.6. The van der Waals surface area contributed by atoms with Crippen molar-refractivity contribution in [3.63, 3.8) is 0 Å². The monoisotopic (exact) mass is 522 g/mol. The predicted octanol–water partition coefficient (Wildman–Crippen LogP) is 4.83. The molecule has 1 aromatic heterocycles. The third-order valence-electron chi connectivity index (χ3n) is 5.08. The number of carbonyl (C=O) groups excluding carboxylic acids is 1. The largest absolute Gasteiger partial charge is 0.493 e. The lowest BCUT2D eigenvalue weighted by atomic mass is 10.1. The first kappa shape index (κ1) is 27.6. The van der Waals surface area contributed by atoms with Crippen LogP contribution < -0.4 is 19.5 Å². The van der Waals surface area contributed by atoms with Crippen LogP contribution in [0.25, 0.3) is 6.08 Å². The average molecular weight is 523 g/mol. The number of hydrogen-bond donors (Lipinski definition) is 1. The zero-order chi connectivity index (χ0) is 26.5. The summed E-state index contributed by atoms with van der Waals surface area (Å²) in [6.07, 6.45) is 3.20. The van der Waals surface area contributed by atoms with Crippen LogP contribution in [0.4, 0.5) is 5.13 Å². The van der Waals surface area contributed by atoms with E-state index < -0.39 is 5.91 Å². The molecule has 37 heavy (non-hydrogen) atoms. The number of anilines is 1. The Morgan fingerprint density at radius 3 is 2.51 bits per heavy atom. The summed E-state index contributed by atoms with van der Waals surface area (Å²) < 4.78 is 22.5. The standard InChI is InChI=1S/C27H30N4O5S/c1-4-7-25-30-31-27(37-25)29-26(32)21(18-28)16-20-10-11-23(24(17-20)33-3)36-15-13-34-12-14-35-22-9-6-5-8-19(22)2/h5-6,8-11,16-17H,4,7,12-15H2,1-3H3,(H,29,31,32)/b21-16-. The smallest absolute Gasteiger partial charge is 0.268 e. The number of nitrogens with one attached hydrogen (secondary N) is 1. The molecule has 0 aliphatic carbocycles. The Morgan fingerprint density at radius 2 is 1.81 bits per heavy atom. The number of nitrogens with zero attached hydrogens (tertiary/aromatic N) is 3. The van der Waals surface area contributed by atoms with Crippen LogP contribution in [0.5, 0.6) is 17.2 Å². The molecule has 9 nitrogen and oxygen atoms in total. The number of ether oxygens (including phenoxy) is 4. The number of methoxy groups -OCH3 is 1. The molecule has 1 N–H and O–H groups in total. The molecule has 3 rings (SSSR count). The SMILES string of the molecule is CCCc1nnc(NC(=O)/C(C#N)=C\c2ccc(OCCOCCOc3ccccc3C)c(OC)c2)s1. The van der Waals surface area contributed by atoms with Crippen molar-refractivity contribution in [3.05, 3.63) is 64.2 Å². The normalized spacial score (nSPS) is 11.0. The second-order valence-electron chi connectivity index (χ2n) is 7.86. The minimum atomic E-state index is -0.551. The van der Waals surface area contributed by atoms with E-state index in [9.17, 15) is 10.1 Å². The third-order valence-corrected chi connectivity index (χ3v) is 5.98. The maximum atomic E-state index is 12.5. The first-order valence-corrected chi connectivity index (χ1v) is 12.7. The molecule has 0 aliphatic rings. The summed E-state index contributed by atoms with van der Waals surface area (Å²) in [5, 5.41) is 21.3. The molecule has 0 saturated carbocycles. The van der Waals surface area contributed by atoms with Gasteiger partial charge < -0.3 is 18.9 Å². The average Bonchev–Trinajstić information content (AvgIpc) is 3.34. The fourth-order valence-corrected chi connectivity index (χ4v) is 4.07. The number of aromatic nitrogens is 2.